The number of phenolic OH excluding ortho intramolecular Hbond substituents is 1. The van der Waals surface area contributed by atoms with Gasteiger partial charge in [0.25, 0.3) is 0 Å². The normalized spacial score (nSPS) is 10.5. The maximum Gasteiger partial charge on any atom is 0.125 e. The fourth-order valence-electron chi connectivity index (χ4n) is 1.38. The van der Waals surface area contributed by atoms with Crippen LogP contribution in [0.2, 0.25) is 0 Å². The Labute approximate surface area is 79.2 Å². The summed E-state index contributed by atoms with van der Waals surface area (Å²) in [7, 11) is 1.61. The summed E-state index contributed by atoms with van der Waals surface area (Å²) in [6.45, 7) is 6.09. The number of hydrogen-bond donors (Lipinski definition) is 1. The number of aromatic hydroxyl groups is 1. The van der Waals surface area contributed by atoms with E-state index >= 15 is 0 Å². The molecule has 0 spiro atoms. The molecule has 0 unspecified atom stereocenters. The van der Waals surface area contributed by atoms with Crippen LogP contribution in [0, 0.1) is 6.92 Å². The monoisotopic (exact) mass is 180 g/mol. The number of hydrogen-bond acceptors (Lipinski definition) is 2. The molecule has 1 aromatic rings. The van der Waals surface area contributed by atoms with E-state index in [-0.39, 0.29) is 0 Å². The Kier molecular flexibility index (Phi) is 2.81. The molecule has 2 nitrogen and oxygen atoms in total. The van der Waals surface area contributed by atoms with Crippen LogP contribution in [0.15, 0.2) is 12.1 Å². The van der Waals surface area contributed by atoms with E-state index in [9.17, 15) is 5.11 Å². The first-order chi connectivity index (χ1) is 6.06. The van der Waals surface area contributed by atoms with E-state index in [1.165, 1.54) is 0 Å². The zero-order chi connectivity index (χ0) is 10.0. The van der Waals surface area contributed by atoms with E-state index in [4.69, 9.17) is 4.74 Å². The lowest BCUT2D eigenvalue weighted by Gasteiger charge is -2.12. The van der Waals surface area contributed by atoms with Crippen LogP contribution in [0.3, 0.4) is 0 Å². The maximum absolute atomic E-state index is 9.64. The summed E-state index contributed by atoms with van der Waals surface area (Å²) in [5, 5.41) is 9.64. The molecule has 2 heteroatoms. The maximum atomic E-state index is 9.64. The zero-order valence-corrected chi connectivity index (χ0v) is 8.59. The Morgan fingerprint density at radius 1 is 1.31 bits per heavy atom. The summed E-state index contributed by atoms with van der Waals surface area (Å²) in [6.07, 6.45) is 0. The predicted molar refractivity (Wildman–Crippen MR) is 53.5 cm³/mol. The highest BCUT2D eigenvalue weighted by molar-refractivity contribution is 5.46. The smallest absolute Gasteiger partial charge is 0.125 e. The van der Waals surface area contributed by atoms with Crippen molar-refractivity contribution in [3.05, 3.63) is 23.3 Å². The number of phenols is 1. The van der Waals surface area contributed by atoms with E-state index in [1.807, 2.05) is 13.0 Å². The molecule has 0 fully saturated rings. The molecular formula is C11H16O2. The molecule has 0 aliphatic carbocycles. The number of methoxy groups -OCH3 is 1. The standard InChI is InChI=1S/C11H16O2/c1-7(2)9-5-8(3)11(13-4)6-10(9)12/h5-7,12H,1-4H3. The van der Waals surface area contributed by atoms with Gasteiger partial charge in [0.1, 0.15) is 11.5 Å². The van der Waals surface area contributed by atoms with Gasteiger partial charge in [0.05, 0.1) is 7.11 Å². The van der Waals surface area contributed by atoms with Gasteiger partial charge in [-0.15, -0.1) is 0 Å². The van der Waals surface area contributed by atoms with Crippen LogP contribution >= 0.6 is 0 Å². The minimum atomic E-state index is 0.317. The van der Waals surface area contributed by atoms with Gasteiger partial charge in [-0.05, 0) is 30.0 Å². The van der Waals surface area contributed by atoms with Gasteiger partial charge in [-0.1, -0.05) is 13.8 Å². The third-order valence-corrected chi connectivity index (χ3v) is 2.17. The van der Waals surface area contributed by atoms with Gasteiger partial charge >= 0.3 is 0 Å². The van der Waals surface area contributed by atoms with Gasteiger partial charge in [-0.2, -0.15) is 0 Å². The molecular weight excluding hydrogens is 164 g/mol. The first-order valence-electron chi connectivity index (χ1n) is 4.43. The highest BCUT2D eigenvalue weighted by Crippen LogP contribution is 2.31. The largest absolute Gasteiger partial charge is 0.508 e. The zero-order valence-electron chi connectivity index (χ0n) is 8.59. The van der Waals surface area contributed by atoms with Crippen molar-refractivity contribution in [1.82, 2.24) is 0 Å². The lowest BCUT2D eigenvalue weighted by molar-refractivity contribution is 0.403. The summed E-state index contributed by atoms with van der Waals surface area (Å²) < 4.78 is 5.10. The first-order valence-corrected chi connectivity index (χ1v) is 4.43. The summed E-state index contributed by atoms with van der Waals surface area (Å²) >= 11 is 0. The second kappa shape index (κ2) is 3.69. The van der Waals surface area contributed by atoms with Gasteiger partial charge in [0.2, 0.25) is 0 Å². The second-order valence-corrected chi connectivity index (χ2v) is 3.54. The lowest BCUT2D eigenvalue weighted by Crippen LogP contribution is -1.93. The number of benzene rings is 1. The van der Waals surface area contributed by atoms with Crippen molar-refractivity contribution in [3.8, 4) is 11.5 Å². The third kappa shape index (κ3) is 1.94. The highest BCUT2D eigenvalue weighted by atomic mass is 16.5. The van der Waals surface area contributed by atoms with Crippen molar-refractivity contribution in [2.24, 2.45) is 0 Å². The molecule has 0 saturated carbocycles. The molecule has 1 N–H and O–H groups in total. The van der Waals surface area contributed by atoms with Crippen molar-refractivity contribution in [2.75, 3.05) is 7.11 Å². The quantitative estimate of drug-likeness (QED) is 0.758. The minimum Gasteiger partial charge on any atom is -0.508 e. The topological polar surface area (TPSA) is 29.5 Å². The molecule has 0 saturated heterocycles. The van der Waals surface area contributed by atoms with Crippen LogP contribution in [0.4, 0.5) is 0 Å². The van der Waals surface area contributed by atoms with Crippen LogP contribution in [0.1, 0.15) is 30.9 Å². The molecule has 0 bridgehead atoms. The molecule has 72 valence electrons. The van der Waals surface area contributed by atoms with E-state index in [0.717, 1.165) is 16.9 Å². The SMILES string of the molecule is COc1cc(O)c(C(C)C)cc1C. The van der Waals surface area contributed by atoms with Crippen LogP contribution in [-0.2, 0) is 0 Å². The summed E-state index contributed by atoms with van der Waals surface area (Å²) in [5.74, 6) is 1.39. The van der Waals surface area contributed by atoms with Crippen LogP contribution in [-0.4, -0.2) is 12.2 Å². The molecule has 13 heavy (non-hydrogen) atoms. The van der Waals surface area contributed by atoms with E-state index in [0.29, 0.717) is 11.7 Å². The van der Waals surface area contributed by atoms with Crippen LogP contribution < -0.4 is 4.74 Å². The Bertz CT molecular complexity index is 303. The Hall–Kier alpha value is -1.18. The van der Waals surface area contributed by atoms with Crippen LogP contribution in [0.5, 0.6) is 11.5 Å². The molecule has 0 radical (unpaired) electrons. The molecule has 0 aliphatic heterocycles. The number of rotatable bonds is 2. The highest BCUT2D eigenvalue weighted by Gasteiger charge is 2.09. The Morgan fingerprint density at radius 2 is 1.92 bits per heavy atom. The fourth-order valence-corrected chi connectivity index (χ4v) is 1.38. The third-order valence-electron chi connectivity index (χ3n) is 2.17. The van der Waals surface area contributed by atoms with E-state index in [2.05, 4.69) is 13.8 Å². The Balaban J connectivity index is 3.20. The van der Waals surface area contributed by atoms with Gasteiger partial charge in [-0.3, -0.25) is 0 Å². The Morgan fingerprint density at radius 3 is 2.38 bits per heavy atom. The lowest BCUT2D eigenvalue weighted by atomic mass is 9.99. The summed E-state index contributed by atoms with van der Waals surface area (Å²) in [5.41, 5.74) is 2.03. The number of ether oxygens (including phenoxy) is 1. The first kappa shape index (κ1) is 9.90. The van der Waals surface area contributed by atoms with E-state index < -0.39 is 0 Å². The van der Waals surface area contributed by atoms with E-state index in [1.54, 1.807) is 13.2 Å². The molecule has 1 rings (SSSR count). The summed E-state index contributed by atoms with van der Waals surface area (Å²) in [6, 6.07) is 3.64. The van der Waals surface area contributed by atoms with Gasteiger partial charge < -0.3 is 9.84 Å². The minimum absolute atomic E-state index is 0.317. The van der Waals surface area contributed by atoms with Crippen molar-refractivity contribution in [2.45, 2.75) is 26.7 Å². The van der Waals surface area contributed by atoms with Crippen molar-refractivity contribution in [1.29, 1.82) is 0 Å². The van der Waals surface area contributed by atoms with Gasteiger partial charge in [0.15, 0.2) is 0 Å². The van der Waals surface area contributed by atoms with Crippen molar-refractivity contribution >= 4 is 0 Å². The van der Waals surface area contributed by atoms with Crippen LogP contribution in [0.25, 0.3) is 0 Å². The van der Waals surface area contributed by atoms with Crippen molar-refractivity contribution < 1.29 is 9.84 Å². The van der Waals surface area contributed by atoms with Crippen molar-refractivity contribution in [3.63, 3.8) is 0 Å². The average Bonchev–Trinajstić information content (AvgIpc) is 2.07. The molecule has 1 aromatic carbocycles. The molecule has 0 atom stereocenters. The molecule has 0 aliphatic rings. The number of aryl methyl sites for hydroxylation is 1. The second-order valence-electron chi connectivity index (χ2n) is 3.54. The molecule has 0 heterocycles. The molecule has 0 amide bonds. The summed E-state index contributed by atoms with van der Waals surface area (Å²) in [4.78, 5) is 0. The van der Waals surface area contributed by atoms with Gasteiger partial charge in [-0.25, -0.2) is 0 Å². The fraction of sp³-hybridized carbons (Fsp3) is 0.455. The molecule has 0 aromatic heterocycles. The average molecular weight is 180 g/mol. The predicted octanol–water partition coefficient (Wildman–Crippen LogP) is 2.83. The van der Waals surface area contributed by atoms with Gasteiger partial charge in [0, 0.05) is 6.07 Å².